The summed E-state index contributed by atoms with van der Waals surface area (Å²) < 4.78 is 5.39. The van der Waals surface area contributed by atoms with E-state index in [4.69, 9.17) is 4.74 Å². The van der Waals surface area contributed by atoms with Crippen LogP contribution in [0.5, 0.6) is 5.75 Å². The molecule has 0 saturated carbocycles. The number of anilines is 1. The van der Waals surface area contributed by atoms with Gasteiger partial charge in [0.15, 0.2) is 5.82 Å². The topological polar surface area (TPSA) is 62.8 Å². The van der Waals surface area contributed by atoms with Crippen molar-refractivity contribution in [3.05, 3.63) is 60.4 Å². The van der Waals surface area contributed by atoms with E-state index in [0.717, 1.165) is 39.1 Å². The van der Waals surface area contributed by atoms with Crippen LogP contribution in [0.25, 0.3) is 21.9 Å². The highest BCUT2D eigenvalue weighted by molar-refractivity contribution is 6.07. The number of hydrogen-bond acceptors (Lipinski definition) is 4. The van der Waals surface area contributed by atoms with Crippen molar-refractivity contribution in [2.75, 3.05) is 12.4 Å². The van der Waals surface area contributed by atoms with Crippen molar-refractivity contribution in [3.63, 3.8) is 0 Å². The molecule has 0 aliphatic heterocycles. The number of rotatable bonds is 4. The van der Waals surface area contributed by atoms with Gasteiger partial charge >= 0.3 is 0 Å². The predicted molar refractivity (Wildman–Crippen MR) is 91.7 cm³/mol. The Kier molecular flexibility index (Phi) is 3.31. The second kappa shape index (κ2) is 5.61. The molecule has 4 aromatic rings. The fourth-order valence-electron chi connectivity index (χ4n) is 2.80. The average molecular weight is 304 g/mol. The standard InChI is InChI=1S/C18H16N4O/c1-23-15-9-5-2-6-12(15)10-19-18-17-16(20-11-21-18)13-7-3-4-8-14(13)22-17/h2-9,11,22H,10H2,1H3,(H,19,20,21). The molecule has 0 radical (unpaired) electrons. The molecule has 0 fully saturated rings. The first-order chi connectivity index (χ1) is 11.4. The maximum absolute atomic E-state index is 5.39. The van der Waals surface area contributed by atoms with Crippen LogP contribution in [0.1, 0.15) is 5.56 Å². The highest BCUT2D eigenvalue weighted by Crippen LogP contribution is 2.27. The number of methoxy groups -OCH3 is 1. The molecule has 0 amide bonds. The van der Waals surface area contributed by atoms with Gasteiger partial charge in [-0.05, 0) is 12.1 Å². The van der Waals surface area contributed by atoms with Gasteiger partial charge < -0.3 is 15.0 Å². The molecule has 5 nitrogen and oxygen atoms in total. The molecule has 2 heterocycles. The lowest BCUT2D eigenvalue weighted by Gasteiger charge is -2.10. The minimum atomic E-state index is 0.630. The van der Waals surface area contributed by atoms with Crippen LogP contribution < -0.4 is 10.1 Å². The fourth-order valence-corrected chi connectivity index (χ4v) is 2.80. The monoisotopic (exact) mass is 304 g/mol. The maximum Gasteiger partial charge on any atom is 0.154 e. The molecule has 0 atom stereocenters. The van der Waals surface area contributed by atoms with Gasteiger partial charge in [0.05, 0.1) is 7.11 Å². The Morgan fingerprint density at radius 1 is 1.04 bits per heavy atom. The Morgan fingerprint density at radius 3 is 2.78 bits per heavy atom. The Hall–Kier alpha value is -3.08. The van der Waals surface area contributed by atoms with Crippen molar-refractivity contribution < 1.29 is 4.74 Å². The summed E-state index contributed by atoms with van der Waals surface area (Å²) >= 11 is 0. The Bertz CT molecular complexity index is 977. The zero-order valence-corrected chi connectivity index (χ0v) is 12.7. The van der Waals surface area contributed by atoms with Crippen LogP contribution in [0.4, 0.5) is 5.82 Å². The number of aromatic nitrogens is 3. The summed E-state index contributed by atoms with van der Waals surface area (Å²) in [6.07, 6.45) is 1.59. The first-order valence-corrected chi connectivity index (χ1v) is 7.44. The summed E-state index contributed by atoms with van der Waals surface area (Å²) in [5.74, 6) is 1.65. The minimum Gasteiger partial charge on any atom is -0.496 e. The van der Waals surface area contributed by atoms with Crippen molar-refractivity contribution in [1.29, 1.82) is 0 Å². The second-order valence-corrected chi connectivity index (χ2v) is 5.28. The number of aromatic amines is 1. The van der Waals surface area contributed by atoms with Crippen molar-refractivity contribution in [2.45, 2.75) is 6.54 Å². The van der Waals surface area contributed by atoms with Gasteiger partial charge in [-0.2, -0.15) is 0 Å². The number of benzene rings is 2. The predicted octanol–water partition coefficient (Wildman–Crippen LogP) is 3.73. The molecule has 2 aromatic heterocycles. The normalized spacial score (nSPS) is 11.0. The third-order valence-electron chi connectivity index (χ3n) is 3.93. The van der Waals surface area contributed by atoms with Gasteiger partial charge in [0.1, 0.15) is 23.1 Å². The maximum atomic E-state index is 5.39. The molecule has 2 N–H and O–H groups in total. The van der Waals surface area contributed by atoms with E-state index < -0.39 is 0 Å². The van der Waals surface area contributed by atoms with Crippen molar-refractivity contribution in [3.8, 4) is 5.75 Å². The van der Waals surface area contributed by atoms with Gasteiger partial charge in [-0.3, -0.25) is 0 Å². The number of hydrogen-bond donors (Lipinski definition) is 2. The number of nitrogens with zero attached hydrogens (tertiary/aromatic N) is 2. The second-order valence-electron chi connectivity index (χ2n) is 5.28. The molecule has 0 unspecified atom stereocenters. The molecule has 0 saturated heterocycles. The zero-order valence-electron chi connectivity index (χ0n) is 12.7. The fraction of sp³-hybridized carbons (Fsp3) is 0.111. The average Bonchev–Trinajstić information content (AvgIpc) is 2.99. The number of H-pyrrole nitrogens is 1. The number of nitrogens with one attached hydrogen (secondary N) is 2. The van der Waals surface area contributed by atoms with Gasteiger partial charge in [-0.1, -0.05) is 36.4 Å². The lowest BCUT2D eigenvalue weighted by atomic mass is 10.2. The van der Waals surface area contributed by atoms with Crippen molar-refractivity contribution in [1.82, 2.24) is 15.0 Å². The van der Waals surface area contributed by atoms with E-state index >= 15 is 0 Å². The van der Waals surface area contributed by atoms with E-state index in [0.29, 0.717) is 6.54 Å². The van der Waals surface area contributed by atoms with Gasteiger partial charge in [-0.15, -0.1) is 0 Å². The van der Waals surface area contributed by atoms with Crippen molar-refractivity contribution >= 4 is 27.8 Å². The SMILES string of the molecule is COc1ccccc1CNc1ncnc2c1[nH]c1ccccc12. The first-order valence-electron chi connectivity index (χ1n) is 7.44. The largest absolute Gasteiger partial charge is 0.496 e. The summed E-state index contributed by atoms with van der Waals surface area (Å²) in [4.78, 5) is 12.2. The van der Waals surface area contributed by atoms with Crippen LogP contribution in [0.15, 0.2) is 54.9 Å². The molecule has 0 aliphatic rings. The highest BCUT2D eigenvalue weighted by Gasteiger charge is 2.10. The smallest absolute Gasteiger partial charge is 0.154 e. The molecule has 4 rings (SSSR count). The summed E-state index contributed by atoms with van der Waals surface area (Å²) in [7, 11) is 1.68. The van der Waals surface area contributed by atoms with E-state index in [9.17, 15) is 0 Å². The highest BCUT2D eigenvalue weighted by atomic mass is 16.5. The third kappa shape index (κ3) is 2.36. The first kappa shape index (κ1) is 13.6. The summed E-state index contributed by atoms with van der Waals surface area (Å²) in [6.45, 7) is 0.630. The van der Waals surface area contributed by atoms with Crippen LogP contribution in [0, 0.1) is 0 Å². The van der Waals surface area contributed by atoms with E-state index in [1.807, 2.05) is 42.5 Å². The van der Waals surface area contributed by atoms with Crippen LogP contribution in [-0.2, 0) is 6.54 Å². The van der Waals surface area contributed by atoms with Crippen LogP contribution in [-0.4, -0.2) is 22.1 Å². The minimum absolute atomic E-state index is 0.630. The quantitative estimate of drug-likeness (QED) is 0.603. The van der Waals surface area contributed by atoms with Crippen molar-refractivity contribution in [2.24, 2.45) is 0 Å². The van der Waals surface area contributed by atoms with Gasteiger partial charge in [-0.25, -0.2) is 9.97 Å². The summed E-state index contributed by atoms with van der Waals surface area (Å²) in [6, 6.07) is 16.1. The van der Waals surface area contributed by atoms with Crippen LogP contribution in [0.2, 0.25) is 0 Å². The molecule has 0 spiro atoms. The van der Waals surface area contributed by atoms with Gasteiger partial charge in [0.2, 0.25) is 0 Å². The molecule has 0 bridgehead atoms. The van der Waals surface area contributed by atoms with Gasteiger partial charge in [0.25, 0.3) is 0 Å². The molecular weight excluding hydrogens is 288 g/mol. The molecular formula is C18H16N4O. The zero-order chi connectivity index (χ0) is 15.6. The molecule has 2 aromatic carbocycles. The molecule has 0 aliphatic carbocycles. The lowest BCUT2D eigenvalue weighted by Crippen LogP contribution is -2.04. The van der Waals surface area contributed by atoms with E-state index in [1.54, 1.807) is 13.4 Å². The summed E-state index contributed by atoms with van der Waals surface area (Å²) in [5.41, 5.74) is 3.99. The van der Waals surface area contributed by atoms with Crippen LogP contribution >= 0.6 is 0 Å². The van der Waals surface area contributed by atoms with E-state index in [2.05, 4.69) is 26.3 Å². The molecule has 114 valence electrons. The Balaban J connectivity index is 1.72. The lowest BCUT2D eigenvalue weighted by molar-refractivity contribution is 0.410. The number of ether oxygens (including phenoxy) is 1. The molecule has 5 heteroatoms. The number of fused-ring (bicyclic) bond motifs is 3. The number of para-hydroxylation sites is 2. The van der Waals surface area contributed by atoms with Crippen LogP contribution in [0.3, 0.4) is 0 Å². The van der Waals surface area contributed by atoms with E-state index in [-0.39, 0.29) is 0 Å². The Morgan fingerprint density at radius 2 is 1.87 bits per heavy atom. The summed E-state index contributed by atoms with van der Waals surface area (Å²) in [5, 5.41) is 4.48. The Labute approximate surface area is 133 Å². The molecule has 23 heavy (non-hydrogen) atoms. The van der Waals surface area contributed by atoms with E-state index in [1.165, 1.54) is 0 Å². The third-order valence-corrected chi connectivity index (χ3v) is 3.93. The van der Waals surface area contributed by atoms with Gasteiger partial charge in [0, 0.05) is 23.0 Å².